The van der Waals surface area contributed by atoms with Crippen molar-refractivity contribution < 1.29 is 4.74 Å². The number of ether oxygens (including phenoxy) is 1. The van der Waals surface area contributed by atoms with Crippen molar-refractivity contribution in [3.05, 3.63) is 59.7 Å². The fourth-order valence-electron chi connectivity index (χ4n) is 2.27. The van der Waals surface area contributed by atoms with Crippen LogP contribution in [0.15, 0.2) is 53.5 Å². The van der Waals surface area contributed by atoms with Crippen molar-refractivity contribution in [1.82, 2.24) is 0 Å². The molecule has 24 heavy (non-hydrogen) atoms. The van der Waals surface area contributed by atoms with Crippen LogP contribution in [0, 0.1) is 6.92 Å². The average molecular weight is 439 g/mol. The van der Waals surface area contributed by atoms with Crippen molar-refractivity contribution in [3.8, 4) is 5.75 Å². The van der Waals surface area contributed by atoms with Crippen LogP contribution in [0.2, 0.25) is 0 Å². The van der Waals surface area contributed by atoms with Crippen molar-refractivity contribution in [2.45, 2.75) is 26.2 Å². The van der Waals surface area contributed by atoms with E-state index in [0.29, 0.717) is 12.5 Å². The molecule has 0 unspecified atom stereocenters. The molecule has 4 nitrogen and oxygen atoms in total. The quantitative estimate of drug-likeness (QED) is 0.414. The van der Waals surface area contributed by atoms with Crippen molar-refractivity contribution in [1.29, 1.82) is 0 Å². The first kappa shape index (κ1) is 20.3. The second-order valence-corrected chi connectivity index (χ2v) is 6.31. The maximum Gasteiger partial charge on any atom is 0.193 e. The van der Waals surface area contributed by atoms with Gasteiger partial charge < -0.3 is 15.8 Å². The van der Waals surface area contributed by atoms with Gasteiger partial charge in [0.15, 0.2) is 5.96 Å². The number of benzene rings is 2. The minimum Gasteiger partial charge on any atom is -0.497 e. The van der Waals surface area contributed by atoms with Gasteiger partial charge in [0, 0.05) is 17.2 Å². The number of guanidine groups is 1. The number of halogens is 1. The van der Waals surface area contributed by atoms with Gasteiger partial charge in [0.1, 0.15) is 5.75 Å². The van der Waals surface area contributed by atoms with Crippen molar-refractivity contribution in [2.24, 2.45) is 10.7 Å². The number of methoxy groups -OCH3 is 1. The van der Waals surface area contributed by atoms with Gasteiger partial charge in [-0.05, 0) is 24.6 Å². The summed E-state index contributed by atoms with van der Waals surface area (Å²) in [4.78, 5) is 4.49. The highest BCUT2D eigenvalue weighted by Gasteiger charge is 2.20. The Labute approximate surface area is 161 Å². The van der Waals surface area contributed by atoms with Gasteiger partial charge in [-0.25, -0.2) is 0 Å². The second-order valence-electron chi connectivity index (χ2n) is 6.31. The van der Waals surface area contributed by atoms with Crippen molar-refractivity contribution in [2.75, 3.05) is 19.0 Å². The lowest BCUT2D eigenvalue weighted by atomic mass is 9.84. The molecule has 3 N–H and O–H groups in total. The molecule has 0 saturated carbocycles. The normalized spacial score (nSPS) is 11.6. The molecule has 0 atom stereocenters. The van der Waals surface area contributed by atoms with Crippen LogP contribution in [0.3, 0.4) is 0 Å². The number of anilines is 1. The number of rotatable bonds is 5. The zero-order chi connectivity index (χ0) is 16.9. The Kier molecular flexibility index (Phi) is 7.54. The number of aryl methyl sites for hydroxylation is 1. The minimum absolute atomic E-state index is 0. The third-order valence-corrected chi connectivity index (χ3v) is 3.82. The minimum atomic E-state index is -0.0750. The predicted molar refractivity (Wildman–Crippen MR) is 113 cm³/mol. The van der Waals surface area contributed by atoms with Crippen LogP contribution >= 0.6 is 24.0 Å². The lowest BCUT2D eigenvalue weighted by molar-refractivity contribution is 0.415. The van der Waals surface area contributed by atoms with E-state index in [0.717, 1.165) is 11.4 Å². The van der Waals surface area contributed by atoms with E-state index in [1.54, 1.807) is 7.11 Å². The highest BCUT2D eigenvalue weighted by Crippen LogP contribution is 2.24. The largest absolute Gasteiger partial charge is 0.497 e. The molecule has 0 bridgehead atoms. The number of nitrogens with zero attached hydrogens (tertiary/aromatic N) is 1. The molecule has 0 aliphatic carbocycles. The first-order valence-corrected chi connectivity index (χ1v) is 7.69. The molecule has 0 radical (unpaired) electrons. The van der Waals surface area contributed by atoms with Gasteiger partial charge in [0.2, 0.25) is 0 Å². The summed E-state index contributed by atoms with van der Waals surface area (Å²) in [6.45, 7) is 7.03. The highest BCUT2D eigenvalue weighted by molar-refractivity contribution is 14.0. The zero-order valence-electron chi connectivity index (χ0n) is 14.7. The number of aliphatic imine (C=N–C) groups is 1. The maximum atomic E-state index is 6.00. The molecule has 0 heterocycles. The van der Waals surface area contributed by atoms with E-state index < -0.39 is 0 Å². The average Bonchev–Trinajstić information content (AvgIpc) is 2.54. The molecule has 0 aromatic heterocycles. The van der Waals surface area contributed by atoms with E-state index >= 15 is 0 Å². The van der Waals surface area contributed by atoms with Crippen LogP contribution in [0.4, 0.5) is 5.69 Å². The first-order valence-electron chi connectivity index (χ1n) is 7.69. The van der Waals surface area contributed by atoms with Crippen LogP contribution in [0.1, 0.15) is 25.0 Å². The van der Waals surface area contributed by atoms with E-state index in [1.807, 2.05) is 24.3 Å². The van der Waals surface area contributed by atoms with Crippen LogP contribution in [0.25, 0.3) is 0 Å². The predicted octanol–water partition coefficient (Wildman–Crippen LogP) is 4.33. The Bertz CT molecular complexity index is 681. The van der Waals surface area contributed by atoms with Crippen molar-refractivity contribution in [3.63, 3.8) is 0 Å². The molecular formula is C19H26IN3O. The number of nitrogens with two attached hydrogens (primary N) is 1. The van der Waals surface area contributed by atoms with Gasteiger partial charge in [0.05, 0.1) is 13.7 Å². The van der Waals surface area contributed by atoms with E-state index in [9.17, 15) is 0 Å². The molecule has 2 aromatic carbocycles. The third kappa shape index (κ3) is 5.70. The van der Waals surface area contributed by atoms with Gasteiger partial charge >= 0.3 is 0 Å². The summed E-state index contributed by atoms with van der Waals surface area (Å²) in [5, 5.41) is 3.10. The summed E-state index contributed by atoms with van der Waals surface area (Å²) in [5.41, 5.74) is 9.30. The molecule has 0 spiro atoms. The van der Waals surface area contributed by atoms with Gasteiger partial charge in [-0.3, -0.25) is 4.99 Å². The molecule has 130 valence electrons. The molecule has 0 aliphatic heterocycles. The Morgan fingerprint density at radius 2 is 1.83 bits per heavy atom. The Morgan fingerprint density at radius 1 is 1.17 bits per heavy atom. The fraction of sp³-hybridized carbons (Fsp3) is 0.316. The highest BCUT2D eigenvalue weighted by atomic mass is 127. The van der Waals surface area contributed by atoms with Crippen LogP contribution in [0.5, 0.6) is 5.75 Å². The van der Waals surface area contributed by atoms with Gasteiger partial charge in [0.25, 0.3) is 0 Å². The van der Waals surface area contributed by atoms with Crippen molar-refractivity contribution >= 4 is 35.6 Å². The van der Waals surface area contributed by atoms with Crippen LogP contribution in [-0.4, -0.2) is 19.6 Å². The Morgan fingerprint density at radius 3 is 2.46 bits per heavy atom. The smallest absolute Gasteiger partial charge is 0.193 e. The number of hydrogen-bond acceptors (Lipinski definition) is 2. The first-order chi connectivity index (χ1) is 10.9. The van der Waals surface area contributed by atoms with E-state index in [2.05, 4.69) is 55.3 Å². The summed E-state index contributed by atoms with van der Waals surface area (Å²) in [6, 6.07) is 16.2. The SMILES string of the molecule is COc1cccc(NC(N)=NCC(C)(C)c2ccc(C)cc2)c1.I. The molecule has 5 heteroatoms. The molecule has 0 saturated heterocycles. The molecule has 0 amide bonds. The summed E-state index contributed by atoms with van der Waals surface area (Å²) in [5.74, 6) is 1.18. The molecule has 0 fully saturated rings. The lowest BCUT2D eigenvalue weighted by Gasteiger charge is -2.23. The summed E-state index contributed by atoms with van der Waals surface area (Å²) in [6.07, 6.45) is 0. The number of hydrogen-bond donors (Lipinski definition) is 2. The van der Waals surface area contributed by atoms with Gasteiger partial charge in [-0.15, -0.1) is 24.0 Å². The lowest BCUT2D eigenvalue weighted by Crippen LogP contribution is -2.27. The van der Waals surface area contributed by atoms with E-state index in [4.69, 9.17) is 10.5 Å². The summed E-state index contributed by atoms with van der Waals surface area (Å²) in [7, 11) is 1.64. The Balaban J connectivity index is 0.00000288. The molecule has 2 aromatic rings. The summed E-state index contributed by atoms with van der Waals surface area (Å²) >= 11 is 0. The van der Waals surface area contributed by atoms with Gasteiger partial charge in [-0.1, -0.05) is 49.7 Å². The monoisotopic (exact) mass is 439 g/mol. The van der Waals surface area contributed by atoms with E-state index in [-0.39, 0.29) is 29.4 Å². The topological polar surface area (TPSA) is 59.6 Å². The third-order valence-electron chi connectivity index (χ3n) is 3.82. The second kappa shape index (κ2) is 8.92. The zero-order valence-corrected chi connectivity index (χ0v) is 17.0. The maximum absolute atomic E-state index is 6.00. The number of nitrogens with one attached hydrogen (secondary N) is 1. The molecular weight excluding hydrogens is 413 g/mol. The summed E-state index contributed by atoms with van der Waals surface area (Å²) < 4.78 is 5.20. The van der Waals surface area contributed by atoms with Crippen LogP contribution in [-0.2, 0) is 5.41 Å². The fourth-order valence-corrected chi connectivity index (χ4v) is 2.27. The molecule has 0 aliphatic rings. The molecule has 2 rings (SSSR count). The van der Waals surface area contributed by atoms with E-state index in [1.165, 1.54) is 11.1 Å². The standard InChI is InChI=1S/C19H25N3O.HI/c1-14-8-10-15(11-9-14)19(2,3)13-21-18(20)22-16-6-5-7-17(12-16)23-4;/h5-12H,13H2,1-4H3,(H3,20,21,22);1H. The van der Waals surface area contributed by atoms with Crippen LogP contribution < -0.4 is 15.8 Å². The Hall–Kier alpha value is -1.76. The van der Waals surface area contributed by atoms with Gasteiger partial charge in [-0.2, -0.15) is 0 Å².